The number of carbonyl (C=O) groups excluding carboxylic acids is 1. The van der Waals surface area contributed by atoms with Crippen LogP contribution in [0.25, 0.3) is 0 Å². The normalized spacial score (nSPS) is 11.1. The van der Waals surface area contributed by atoms with Crippen LogP contribution in [0.2, 0.25) is 5.02 Å². The molecule has 0 atom stereocenters. The molecule has 0 aliphatic rings. The molecule has 3 nitrogen and oxygen atoms in total. The standard InChI is InChI=1S/C9H6ClF3O3/c1-15-8(14)5-2-3-7(6(10)4-5)16-9(11,12)13/h2-4H,1H3. The Morgan fingerprint density at radius 3 is 2.44 bits per heavy atom. The second-order valence-corrected chi connectivity index (χ2v) is 3.09. The first-order valence-corrected chi connectivity index (χ1v) is 4.35. The number of esters is 1. The first-order chi connectivity index (χ1) is 7.33. The van der Waals surface area contributed by atoms with E-state index < -0.39 is 18.1 Å². The van der Waals surface area contributed by atoms with Gasteiger partial charge in [-0.05, 0) is 18.2 Å². The summed E-state index contributed by atoms with van der Waals surface area (Å²) in [6, 6.07) is 3.11. The summed E-state index contributed by atoms with van der Waals surface area (Å²) in [4.78, 5) is 11.0. The van der Waals surface area contributed by atoms with Crippen molar-refractivity contribution in [3.8, 4) is 5.75 Å². The predicted octanol–water partition coefficient (Wildman–Crippen LogP) is 3.03. The van der Waals surface area contributed by atoms with Gasteiger partial charge in [-0.25, -0.2) is 4.79 Å². The molecule has 1 aromatic carbocycles. The number of alkyl halides is 3. The molecule has 0 saturated heterocycles. The third-order valence-electron chi connectivity index (χ3n) is 1.58. The Labute approximate surface area is 93.7 Å². The van der Waals surface area contributed by atoms with Gasteiger partial charge < -0.3 is 9.47 Å². The molecule has 0 saturated carbocycles. The second kappa shape index (κ2) is 4.61. The zero-order chi connectivity index (χ0) is 12.3. The number of rotatable bonds is 2. The van der Waals surface area contributed by atoms with E-state index >= 15 is 0 Å². The highest BCUT2D eigenvalue weighted by molar-refractivity contribution is 6.32. The van der Waals surface area contributed by atoms with E-state index in [-0.39, 0.29) is 10.6 Å². The molecule has 7 heteroatoms. The maximum atomic E-state index is 11.9. The summed E-state index contributed by atoms with van der Waals surface area (Å²) in [5.41, 5.74) is 0.0435. The van der Waals surface area contributed by atoms with E-state index in [1.807, 2.05) is 0 Å². The van der Waals surface area contributed by atoms with Gasteiger partial charge in [-0.15, -0.1) is 13.2 Å². The molecular formula is C9H6ClF3O3. The number of halogens is 4. The van der Waals surface area contributed by atoms with Gasteiger partial charge in [0.2, 0.25) is 0 Å². The van der Waals surface area contributed by atoms with E-state index in [0.717, 1.165) is 25.3 Å². The smallest absolute Gasteiger partial charge is 0.465 e. The fraction of sp³-hybridized carbons (Fsp3) is 0.222. The van der Waals surface area contributed by atoms with Gasteiger partial charge in [-0.3, -0.25) is 0 Å². The van der Waals surface area contributed by atoms with E-state index in [0.29, 0.717) is 0 Å². The van der Waals surface area contributed by atoms with Crippen LogP contribution in [-0.4, -0.2) is 19.4 Å². The van der Waals surface area contributed by atoms with Gasteiger partial charge in [0.15, 0.2) is 0 Å². The van der Waals surface area contributed by atoms with Gasteiger partial charge in [0.05, 0.1) is 17.7 Å². The molecule has 0 unspecified atom stereocenters. The highest BCUT2D eigenvalue weighted by Crippen LogP contribution is 2.30. The average molecular weight is 255 g/mol. The molecule has 0 aliphatic heterocycles. The monoisotopic (exact) mass is 254 g/mol. The Morgan fingerprint density at radius 2 is 2.00 bits per heavy atom. The number of ether oxygens (including phenoxy) is 2. The van der Waals surface area contributed by atoms with Gasteiger partial charge in [0.25, 0.3) is 0 Å². The molecule has 88 valence electrons. The van der Waals surface area contributed by atoms with Crippen LogP contribution in [0, 0.1) is 0 Å². The zero-order valence-electron chi connectivity index (χ0n) is 7.97. The largest absolute Gasteiger partial charge is 0.573 e. The summed E-state index contributed by atoms with van der Waals surface area (Å²) in [5, 5.41) is -0.319. The SMILES string of the molecule is COC(=O)c1ccc(OC(F)(F)F)c(Cl)c1. The van der Waals surface area contributed by atoms with Crippen LogP contribution in [0.15, 0.2) is 18.2 Å². The summed E-state index contributed by atoms with van der Waals surface area (Å²) in [6.07, 6.45) is -4.82. The molecule has 0 bridgehead atoms. The lowest BCUT2D eigenvalue weighted by atomic mass is 10.2. The van der Waals surface area contributed by atoms with E-state index in [1.54, 1.807) is 0 Å². The van der Waals surface area contributed by atoms with Crippen molar-refractivity contribution >= 4 is 17.6 Å². The van der Waals surface area contributed by atoms with Crippen LogP contribution < -0.4 is 4.74 Å². The van der Waals surface area contributed by atoms with Gasteiger partial charge in [0.1, 0.15) is 5.75 Å². The molecule has 0 aliphatic carbocycles. The van der Waals surface area contributed by atoms with Crippen LogP contribution in [0.5, 0.6) is 5.75 Å². The van der Waals surface area contributed by atoms with Crippen molar-refractivity contribution in [2.24, 2.45) is 0 Å². The number of benzene rings is 1. The lowest BCUT2D eigenvalue weighted by Crippen LogP contribution is -2.17. The summed E-state index contributed by atoms with van der Waals surface area (Å²) < 4.78 is 43.6. The summed E-state index contributed by atoms with van der Waals surface area (Å²) in [6.45, 7) is 0. The van der Waals surface area contributed by atoms with Crippen molar-refractivity contribution in [2.45, 2.75) is 6.36 Å². The maximum Gasteiger partial charge on any atom is 0.573 e. The molecule has 0 heterocycles. The fourth-order valence-electron chi connectivity index (χ4n) is 0.953. The lowest BCUT2D eigenvalue weighted by molar-refractivity contribution is -0.274. The fourth-order valence-corrected chi connectivity index (χ4v) is 1.17. The van der Waals surface area contributed by atoms with E-state index in [9.17, 15) is 18.0 Å². The Morgan fingerprint density at radius 1 is 1.38 bits per heavy atom. The van der Waals surface area contributed by atoms with Crippen molar-refractivity contribution in [3.05, 3.63) is 28.8 Å². The minimum atomic E-state index is -4.82. The molecule has 0 radical (unpaired) electrons. The van der Waals surface area contributed by atoms with Crippen LogP contribution in [-0.2, 0) is 4.74 Å². The molecule has 0 fully saturated rings. The Hall–Kier alpha value is -1.43. The Kier molecular flexibility index (Phi) is 3.64. The maximum absolute atomic E-state index is 11.9. The summed E-state index contributed by atoms with van der Waals surface area (Å²) >= 11 is 5.50. The molecule has 0 amide bonds. The second-order valence-electron chi connectivity index (χ2n) is 2.68. The van der Waals surface area contributed by atoms with Crippen molar-refractivity contribution in [2.75, 3.05) is 7.11 Å². The zero-order valence-corrected chi connectivity index (χ0v) is 8.72. The van der Waals surface area contributed by atoms with Crippen LogP contribution in [0.3, 0.4) is 0 Å². The van der Waals surface area contributed by atoms with Gasteiger partial charge in [0, 0.05) is 0 Å². The highest BCUT2D eigenvalue weighted by atomic mass is 35.5. The topological polar surface area (TPSA) is 35.5 Å². The number of carbonyl (C=O) groups is 1. The minimum Gasteiger partial charge on any atom is -0.465 e. The molecule has 16 heavy (non-hydrogen) atoms. The van der Waals surface area contributed by atoms with E-state index in [4.69, 9.17) is 11.6 Å². The van der Waals surface area contributed by atoms with Crippen LogP contribution in [0.4, 0.5) is 13.2 Å². The van der Waals surface area contributed by atoms with Crippen molar-refractivity contribution < 1.29 is 27.4 Å². The first-order valence-electron chi connectivity index (χ1n) is 3.97. The minimum absolute atomic E-state index is 0.0435. The highest BCUT2D eigenvalue weighted by Gasteiger charge is 2.32. The molecule has 1 aromatic rings. The summed E-state index contributed by atoms with van der Waals surface area (Å²) in [7, 11) is 1.15. The molecule has 0 N–H and O–H groups in total. The van der Waals surface area contributed by atoms with Crippen molar-refractivity contribution in [3.63, 3.8) is 0 Å². The third kappa shape index (κ3) is 3.30. The molecule has 0 aromatic heterocycles. The van der Waals surface area contributed by atoms with Crippen molar-refractivity contribution in [1.82, 2.24) is 0 Å². The van der Waals surface area contributed by atoms with Crippen LogP contribution in [0.1, 0.15) is 10.4 Å². The first kappa shape index (κ1) is 12.6. The lowest BCUT2D eigenvalue weighted by Gasteiger charge is -2.10. The quantitative estimate of drug-likeness (QED) is 0.761. The number of hydrogen-bond acceptors (Lipinski definition) is 3. The molecule has 0 spiro atoms. The number of hydrogen-bond donors (Lipinski definition) is 0. The van der Waals surface area contributed by atoms with E-state index in [2.05, 4.69) is 9.47 Å². The van der Waals surface area contributed by atoms with E-state index in [1.165, 1.54) is 0 Å². The predicted molar refractivity (Wildman–Crippen MR) is 49.5 cm³/mol. The van der Waals surface area contributed by atoms with Gasteiger partial charge in [-0.1, -0.05) is 11.6 Å². The molecular weight excluding hydrogens is 249 g/mol. The average Bonchev–Trinajstić information content (AvgIpc) is 2.18. The van der Waals surface area contributed by atoms with Gasteiger partial charge >= 0.3 is 12.3 Å². The van der Waals surface area contributed by atoms with Crippen molar-refractivity contribution in [1.29, 1.82) is 0 Å². The third-order valence-corrected chi connectivity index (χ3v) is 1.87. The Balaban J connectivity index is 2.96. The molecule has 1 rings (SSSR count). The Bertz CT molecular complexity index is 403. The van der Waals surface area contributed by atoms with Gasteiger partial charge in [-0.2, -0.15) is 0 Å². The van der Waals surface area contributed by atoms with Crippen LogP contribution >= 0.6 is 11.6 Å². The summed E-state index contributed by atoms with van der Waals surface area (Å²) in [5.74, 6) is -1.26. The number of methoxy groups -OCH3 is 1.